The van der Waals surface area contributed by atoms with Crippen LogP contribution in [-0.4, -0.2) is 48.3 Å². The van der Waals surface area contributed by atoms with Gasteiger partial charge < -0.3 is 10.1 Å². The van der Waals surface area contributed by atoms with E-state index in [1.165, 1.54) is 7.11 Å². The number of nitrogens with zero attached hydrogens (tertiary/aromatic N) is 1. The Bertz CT molecular complexity index is 734. The summed E-state index contributed by atoms with van der Waals surface area (Å²) in [6.45, 7) is 2.04. The average molecular weight is 425 g/mol. The van der Waals surface area contributed by atoms with Crippen molar-refractivity contribution in [2.45, 2.75) is 38.6 Å². The van der Waals surface area contributed by atoms with Gasteiger partial charge in [-0.05, 0) is 31.0 Å². The Labute approximate surface area is 160 Å². The Morgan fingerprint density at radius 1 is 1.23 bits per heavy atom. The summed E-state index contributed by atoms with van der Waals surface area (Å²) >= 11 is 3.29. The van der Waals surface area contributed by atoms with Crippen LogP contribution in [0.25, 0.3) is 0 Å². The molecule has 0 aliphatic carbocycles. The van der Waals surface area contributed by atoms with Crippen molar-refractivity contribution in [3.05, 3.63) is 33.8 Å². The molecule has 1 aliphatic heterocycles. The summed E-state index contributed by atoms with van der Waals surface area (Å²) in [6, 6.07) is 4.67. The van der Waals surface area contributed by atoms with Gasteiger partial charge in [-0.15, -0.1) is 0 Å². The summed E-state index contributed by atoms with van der Waals surface area (Å²) < 4.78 is 5.33. The van der Waals surface area contributed by atoms with Crippen molar-refractivity contribution in [3.63, 3.8) is 0 Å². The molecular formula is C18H21BrN2O5. The number of carbonyl (C=O) groups excluding carboxylic acids is 4. The van der Waals surface area contributed by atoms with E-state index in [-0.39, 0.29) is 49.1 Å². The van der Waals surface area contributed by atoms with E-state index in [0.717, 1.165) is 9.37 Å². The fourth-order valence-corrected chi connectivity index (χ4v) is 3.11. The van der Waals surface area contributed by atoms with E-state index in [9.17, 15) is 19.2 Å². The van der Waals surface area contributed by atoms with Gasteiger partial charge >= 0.3 is 5.97 Å². The maximum absolute atomic E-state index is 12.3. The number of imide groups is 1. The summed E-state index contributed by atoms with van der Waals surface area (Å²) in [5.74, 6) is -1.28. The van der Waals surface area contributed by atoms with Crippen LogP contribution in [0.15, 0.2) is 22.7 Å². The second-order valence-corrected chi connectivity index (χ2v) is 6.92. The second-order valence-electron chi connectivity index (χ2n) is 6.01. The van der Waals surface area contributed by atoms with E-state index in [0.29, 0.717) is 24.0 Å². The molecule has 0 saturated carbocycles. The van der Waals surface area contributed by atoms with Crippen LogP contribution in [0, 0.1) is 0 Å². The highest BCUT2D eigenvalue weighted by Crippen LogP contribution is 2.26. The number of amides is 3. The number of carbonyl (C=O) groups is 4. The van der Waals surface area contributed by atoms with E-state index < -0.39 is 0 Å². The molecule has 1 aromatic rings. The van der Waals surface area contributed by atoms with E-state index in [4.69, 9.17) is 0 Å². The number of nitrogens with one attached hydrogen (secondary N) is 1. The van der Waals surface area contributed by atoms with E-state index in [1.54, 1.807) is 18.2 Å². The molecule has 1 N–H and O–H groups in total. The van der Waals surface area contributed by atoms with E-state index in [1.807, 2.05) is 6.92 Å². The van der Waals surface area contributed by atoms with Crippen molar-refractivity contribution >= 4 is 39.6 Å². The van der Waals surface area contributed by atoms with Crippen molar-refractivity contribution in [1.82, 2.24) is 10.2 Å². The number of hydrogen-bond acceptors (Lipinski definition) is 5. The third-order valence-electron chi connectivity index (χ3n) is 4.22. The number of esters is 1. The molecule has 140 valence electrons. The molecule has 8 heteroatoms. The number of ether oxygens (including phenoxy) is 1. The topological polar surface area (TPSA) is 92.8 Å². The van der Waals surface area contributed by atoms with Crippen molar-refractivity contribution < 1.29 is 23.9 Å². The lowest BCUT2D eigenvalue weighted by molar-refractivity contribution is -0.141. The van der Waals surface area contributed by atoms with Gasteiger partial charge in [0.05, 0.1) is 24.7 Å². The van der Waals surface area contributed by atoms with Gasteiger partial charge in [-0.3, -0.25) is 24.1 Å². The molecule has 7 nitrogen and oxygen atoms in total. The number of fused-ring (bicyclic) bond motifs is 1. The minimum absolute atomic E-state index is 0.117. The van der Waals surface area contributed by atoms with Gasteiger partial charge in [0.25, 0.3) is 11.8 Å². The molecule has 0 bridgehead atoms. The number of hydrogen-bond donors (Lipinski definition) is 1. The molecule has 1 aromatic carbocycles. The zero-order valence-corrected chi connectivity index (χ0v) is 16.3. The predicted octanol–water partition coefficient (Wildman–Crippen LogP) is 2.28. The standard InChI is InChI=1S/C18H21BrN2O5/c1-3-12(10-16(23)26-2)20-15(22)5-4-8-21-17(24)13-7-6-11(19)9-14(13)18(21)25/h6-7,9,12H,3-5,8,10H2,1-2H3,(H,20,22). The van der Waals surface area contributed by atoms with Gasteiger partial charge in [0.15, 0.2) is 0 Å². The largest absolute Gasteiger partial charge is 0.469 e. The van der Waals surface area contributed by atoms with Crippen molar-refractivity contribution in [2.24, 2.45) is 0 Å². The summed E-state index contributed by atoms with van der Waals surface area (Å²) in [7, 11) is 1.30. The SMILES string of the molecule is CCC(CC(=O)OC)NC(=O)CCCN1C(=O)c2ccc(Br)cc2C1=O. The van der Waals surface area contributed by atoms with Crippen LogP contribution in [0.1, 0.15) is 53.3 Å². The summed E-state index contributed by atoms with van der Waals surface area (Å²) in [5, 5.41) is 2.77. The Hall–Kier alpha value is -2.22. The Balaban J connectivity index is 1.84. The second kappa shape index (κ2) is 8.93. The van der Waals surface area contributed by atoms with Gasteiger partial charge in [0, 0.05) is 23.5 Å². The zero-order valence-electron chi connectivity index (χ0n) is 14.7. The molecule has 1 unspecified atom stereocenters. The highest BCUT2D eigenvalue weighted by atomic mass is 79.9. The first kappa shape index (κ1) is 20.1. The number of benzene rings is 1. The normalized spacial score (nSPS) is 14.2. The predicted molar refractivity (Wildman–Crippen MR) is 97.6 cm³/mol. The molecule has 0 saturated heterocycles. The lowest BCUT2D eigenvalue weighted by Crippen LogP contribution is -2.37. The minimum atomic E-state index is -0.380. The van der Waals surface area contributed by atoms with Gasteiger partial charge in [-0.1, -0.05) is 22.9 Å². The van der Waals surface area contributed by atoms with Gasteiger partial charge in [0.1, 0.15) is 0 Å². The highest BCUT2D eigenvalue weighted by Gasteiger charge is 2.35. The van der Waals surface area contributed by atoms with Crippen molar-refractivity contribution in [3.8, 4) is 0 Å². The smallest absolute Gasteiger partial charge is 0.307 e. The van der Waals surface area contributed by atoms with Gasteiger partial charge in [-0.25, -0.2) is 0 Å². The maximum Gasteiger partial charge on any atom is 0.307 e. The molecule has 26 heavy (non-hydrogen) atoms. The quantitative estimate of drug-likeness (QED) is 0.510. The molecule has 1 atom stereocenters. The van der Waals surface area contributed by atoms with Crippen LogP contribution in [0.3, 0.4) is 0 Å². The molecular weight excluding hydrogens is 404 g/mol. The Kier molecular flexibility index (Phi) is 6.90. The lowest BCUT2D eigenvalue weighted by Gasteiger charge is -2.17. The summed E-state index contributed by atoms with van der Waals surface area (Å²) in [4.78, 5) is 49.1. The van der Waals surface area contributed by atoms with Crippen LogP contribution in [0.2, 0.25) is 0 Å². The molecule has 0 spiro atoms. The molecule has 2 rings (SSSR count). The first-order chi connectivity index (χ1) is 12.4. The van der Waals surface area contributed by atoms with Crippen LogP contribution < -0.4 is 5.32 Å². The maximum atomic E-state index is 12.3. The fraction of sp³-hybridized carbons (Fsp3) is 0.444. The van der Waals surface area contributed by atoms with Gasteiger partial charge in [-0.2, -0.15) is 0 Å². The third-order valence-corrected chi connectivity index (χ3v) is 4.71. The fourth-order valence-electron chi connectivity index (χ4n) is 2.75. The molecule has 0 fully saturated rings. The minimum Gasteiger partial charge on any atom is -0.469 e. The summed E-state index contributed by atoms with van der Waals surface area (Å²) in [5.41, 5.74) is 0.754. The van der Waals surface area contributed by atoms with Gasteiger partial charge in [0.2, 0.25) is 5.91 Å². The third kappa shape index (κ3) is 4.69. The first-order valence-electron chi connectivity index (χ1n) is 8.39. The monoisotopic (exact) mass is 424 g/mol. The van der Waals surface area contributed by atoms with Crippen molar-refractivity contribution in [1.29, 1.82) is 0 Å². The Morgan fingerprint density at radius 3 is 2.58 bits per heavy atom. The van der Waals surface area contributed by atoms with Crippen molar-refractivity contribution in [2.75, 3.05) is 13.7 Å². The molecule has 0 aromatic heterocycles. The van der Waals surface area contributed by atoms with Crippen LogP contribution >= 0.6 is 15.9 Å². The van der Waals surface area contributed by atoms with Crippen LogP contribution in [-0.2, 0) is 14.3 Å². The van der Waals surface area contributed by atoms with Crippen LogP contribution in [0.4, 0.5) is 0 Å². The Morgan fingerprint density at radius 2 is 1.92 bits per heavy atom. The van der Waals surface area contributed by atoms with E-state index >= 15 is 0 Å². The molecule has 0 radical (unpaired) electrons. The average Bonchev–Trinajstić information content (AvgIpc) is 2.85. The van der Waals surface area contributed by atoms with E-state index in [2.05, 4.69) is 26.0 Å². The molecule has 1 heterocycles. The highest BCUT2D eigenvalue weighted by molar-refractivity contribution is 9.10. The van der Waals surface area contributed by atoms with Crippen LogP contribution in [0.5, 0.6) is 0 Å². The number of methoxy groups -OCH3 is 1. The molecule has 1 aliphatic rings. The number of halogens is 1. The summed E-state index contributed by atoms with van der Waals surface area (Å²) in [6.07, 6.45) is 1.24. The lowest BCUT2D eigenvalue weighted by atomic mass is 10.1. The zero-order chi connectivity index (χ0) is 19.3. The number of rotatable bonds is 8. The first-order valence-corrected chi connectivity index (χ1v) is 9.18. The molecule has 3 amide bonds.